The van der Waals surface area contributed by atoms with E-state index in [9.17, 15) is 4.79 Å². The number of aromatic nitrogens is 3. The molecule has 8 nitrogen and oxygen atoms in total. The van der Waals surface area contributed by atoms with Gasteiger partial charge >= 0.3 is 6.09 Å². The Hall–Kier alpha value is -2.40. The minimum absolute atomic E-state index is 0.271. The number of amides is 1. The van der Waals surface area contributed by atoms with Crippen LogP contribution in [-0.2, 0) is 4.74 Å². The van der Waals surface area contributed by atoms with Crippen LogP contribution in [0.4, 0.5) is 22.1 Å². The smallest absolute Gasteiger partial charge is 0.420 e. The molecular weight excluding hydrogens is 531 g/mol. The van der Waals surface area contributed by atoms with E-state index >= 15 is 0 Å². The molecule has 1 aliphatic rings. The second-order valence-electron chi connectivity index (χ2n) is 9.56. The number of carbonyl (C=O) groups is 1. The molecule has 1 fully saturated rings. The summed E-state index contributed by atoms with van der Waals surface area (Å²) in [6.07, 6.45) is 5.20. The summed E-state index contributed by atoms with van der Waals surface area (Å²) in [7, 11) is 0. The standard InChI is InChI=1S/C24H31IN6O2/c1-15-21(28-18-10-8-17(26)9-11-18)29-20-12-13-27-31(20)22(15)30(23(32)33-24(2,3)4)19-7-5-6-16(25)14-19/h5-7,12-14,17-18H,8-11,26H2,1-4H3,(H,28,29). The lowest BCUT2D eigenvalue weighted by atomic mass is 9.92. The Morgan fingerprint density at radius 1 is 1.24 bits per heavy atom. The van der Waals surface area contributed by atoms with Gasteiger partial charge in [-0.1, -0.05) is 6.07 Å². The first-order valence-corrected chi connectivity index (χ1v) is 12.4. The Balaban J connectivity index is 1.83. The number of carbonyl (C=O) groups excluding carboxylic acids is 1. The van der Waals surface area contributed by atoms with Crippen molar-refractivity contribution in [3.63, 3.8) is 0 Å². The van der Waals surface area contributed by atoms with Gasteiger partial charge in [0.05, 0.1) is 11.9 Å². The lowest BCUT2D eigenvalue weighted by molar-refractivity contribution is 0.0597. The molecule has 3 N–H and O–H groups in total. The second kappa shape index (κ2) is 9.46. The van der Waals surface area contributed by atoms with Crippen LogP contribution in [0.15, 0.2) is 36.5 Å². The highest BCUT2D eigenvalue weighted by Gasteiger charge is 2.30. The van der Waals surface area contributed by atoms with Crippen LogP contribution < -0.4 is 16.0 Å². The second-order valence-corrected chi connectivity index (χ2v) is 10.8. The molecule has 9 heteroatoms. The van der Waals surface area contributed by atoms with E-state index in [4.69, 9.17) is 15.5 Å². The molecule has 1 amide bonds. The van der Waals surface area contributed by atoms with Crippen LogP contribution in [0.25, 0.3) is 5.65 Å². The molecule has 4 rings (SSSR count). The zero-order valence-electron chi connectivity index (χ0n) is 19.5. The average molecular weight is 562 g/mol. The van der Waals surface area contributed by atoms with Crippen molar-refractivity contribution < 1.29 is 9.53 Å². The van der Waals surface area contributed by atoms with Crippen molar-refractivity contribution in [2.75, 3.05) is 10.2 Å². The molecule has 0 saturated heterocycles. The summed E-state index contributed by atoms with van der Waals surface area (Å²) >= 11 is 2.24. The van der Waals surface area contributed by atoms with Crippen LogP contribution in [0.3, 0.4) is 0 Å². The van der Waals surface area contributed by atoms with Gasteiger partial charge in [-0.2, -0.15) is 9.61 Å². The van der Waals surface area contributed by atoms with Gasteiger partial charge in [-0.15, -0.1) is 0 Å². The van der Waals surface area contributed by atoms with Crippen LogP contribution in [-0.4, -0.2) is 38.4 Å². The highest BCUT2D eigenvalue weighted by Crippen LogP contribution is 2.35. The summed E-state index contributed by atoms with van der Waals surface area (Å²) in [6, 6.07) is 10.2. The lowest BCUT2D eigenvalue weighted by Crippen LogP contribution is -2.36. The number of nitrogens with two attached hydrogens (primary N) is 1. The Bertz CT molecular complexity index is 1150. The molecule has 0 radical (unpaired) electrons. The fourth-order valence-corrected chi connectivity index (χ4v) is 4.63. The number of nitrogens with one attached hydrogen (secondary N) is 1. The molecule has 1 aliphatic carbocycles. The first kappa shape index (κ1) is 23.7. The van der Waals surface area contributed by atoms with E-state index < -0.39 is 11.7 Å². The number of benzene rings is 1. The molecule has 3 aromatic rings. The normalized spacial score (nSPS) is 18.8. The van der Waals surface area contributed by atoms with Crippen molar-refractivity contribution >= 4 is 51.7 Å². The summed E-state index contributed by atoms with van der Waals surface area (Å²) in [5, 5.41) is 8.09. The van der Waals surface area contributed by atoms with E-state index in [0.717, 1.165) is 40.6 Å². The maximum Gasteiger partial charge on any atom is 0.420 e. The largest absolute Gasteiger partial charge is 0.443 e. The van der Waals surface area contributed by atoms with E-state index in [1.165, 1.54) is 0 Å². The van der Waals surface area contributed by atoms with Gasteiger partial charge < -0.3 is 15.8 Å². The van der Waals surface area contributed by atoms with Crippen molar-refractivity contribution in [2.24, 2.45) is 5.73 Å². The Morgan fingerprint density at radius 3 is 2.64 bits per heavy atom. The van der Waals surface area contributed by atoms with Crippen LogP contribution in [0.2, 0.25) is 0 Å². The minimum Gasteiger partial charge on any atom is -0.443 e. The summed E-state index contributed by atoms with van der Waals surface area (Å²) in [4.78, 5) is 19.9. The maximum absolute atomic E-state index is 13.5. The summed E-state index contributed by atoms with van der Waals surface area (Å²) < 4.78 is 8.53. The predicted molar refractivity (Wildman–Crippen MR) is 139 cm³/mol. The fraction of sp³-hybridized carbons (Fsp3) is 0.458. The number of halogens is 1. The molecule has 176 valence electrons. The van der Waals surface area contributed by atoms with Gasteiger partial charge in [0.25, 0.3) is 0 Å². The van der Waals surface area contributed by atoms with E-state index in [1.54, 1.807) is 15.6 Å². The number of rotatable bonds is 4. The third-order valence-corrected chi connectivity index (χ3v) is 6.38. The molecule has 0 atom stereocenters. The molecule has 33 heavy (non-hydrogen) atoms. The summed E-state index contributed by atoms with van der Waals surface area (Å²) in [6.45, 7) is 7.55. The molecular formula is C24H31IN6O2. The molecule has 2 aromatic heterocycles. The van der Waals surface area contributed by atoms with Crippen LogP contribution in [0.1, 0.15) is 52.0 Å². The fourth-order valence-electron chi connectivity index (χ4n) is 4.10. The van der Waals surface area contributed by atoms with E-state index in [2.05, 4.69) is 33.0 Å². The molecule has 2 heterocycles. The predicted octanol–water partition coefficient (Wildman–Crippen LogP) is 5.40. The van der Waals surface area contributed by atoms with Crippen molar-refractivity contribution in [3.05, 3.63) is 45.7 Å². The highest BCUT2D eigenvalue weighted by atomic mass is 127. The van der Waals surface area contributed by atoms with Gasteiger partial charge in [0, 0.05) is 27.3 Å². The summed E-state index contributed by atoms with van der Waals surface area (Å²) in [5.41, 5.74) is 7.63. The zero-order chi connectivity index (χ0) is 23.8. The first-order valence-electron chi connectivity index (χ1n) is 11.3. The number of hydrogen-bond donors (Lipinski definition) is 2. The Morgan fingerprint density at radius 2 is 1.97 bits per heavy atom. The SMILES string of the molecule is Cc1c(NC2CCC(N)CC2)nc2ccnn2c1N(C(=O)OC(C)(C)C)c1cccc(I)c1. The van der Waals surface area contributed by atoms with E-state index in [1.807, 2.05) is 58.0 Å². The molecule has 0 unspecified atom stereocenters. The summed E-state index contributed by atoms with van der Waals surface area (Å²) in [5.74, 6) is 1.36. The van der Waals surface area contributed by atoms with E-state index in [0.29, 0.717) is 23.2 Å². The average Bonchev–Trinajstić information content (AvgIpc) is 3.19. The van der Waals surface area contributed by atoms with Gasteiger partial charge in [-0.05, 0) is 94.2 Å². The zero-order valence-corrected chi connectivity index (χ0v) is 21.7. The van der Waals surface area contributed by atoms with Gasteiger partial charge in [0.1, 0.15) is 11.4 Å². The van der Waals surface area contributed by atoms with Gasteiger partial charge in [-0.25, -0.2) is 14.7 Å². The number of ether oxygens (including phenoxy) is 1. The molecule has 0 spiro atoms. The van der Waals surface area contributed by atoms with E-state index in [-0.39, 0.29) is 6.04 Å². The van der Waals surface area contributed by atoms with Crippen molar-refractivity contribution in [2.45, 2.75) is 71.1 Å². The van der Waals surface area contributed by atoms with Crippen LogP contribution in [0.5, 0.6) is 0 Å². The first-order chi connectivity index (χ1) is 15.6. The third-order valence-electron chi connectivity index (χ3n) is 5.71. The highest BCUT2D eigenvalue weighted by molar-refractivity contribution is 14.1. The van der Waals surface area contributed by atoms with Crippen LogP contribution in [0, 0.1) is 10.5 Å². The quantitative estimate of drug-likeness (QED) is 0.414. The van der Waals surface area contributed by atoms with Gasteiger partial charge in [0.15, 0.2) is 11.5 Å². The molecule has 0 bridgehead atoms. The van der Waals surface area contributed by atoms with Crippen molar-refractivity contribution in [3.8, 4) is 0 Å². The maximum atomic E-state index is 13.5. The minimum atomic E-state index is -0.649. The Kier molecular flexibility index (Phi) is 6.81. The number of hydrogen-bond acceptors (Lipinski definition) is 6. The van der Waals surface area contributed by atoms with Gasteiger partial charge in [-0.3, -0.25) is 0 Å². The molecule has 1 aromatic carbocycles. The van der Waals surface area contributed by atoms with Crippen LogP contribution >= 0.6 is 22.6 Å². The lowest BCUT2D eigenvalue weighted by Gasteiger charge is -2.31. The Labute approximate surface area is 208 Å². The third kappa shape index (κ3) is 5.40. The number of fused-ring (bicyclic) bond motifs is 1. The van der Waals surface area contributed by atoms with Gasteiger partial charge in [0.2, 0.25) is 0 Å². The molecule has 0 aliphatic heterocycles. The van der Waals surface area contributed by atoms with Crippen molar-refractivity contribution in [1.82, 2.24) is 14.6 Å². The number of anilines is 3. The number of nitrogens with zero attached hydrogens (tertiary/aromatic N) is 4. The monoisotopic (exact) mass is 562 g/mol. The van der Waals surface area contributed by atoms with Crippen molar-refractivity contribution in [1.29, 1.82) is 0 Å². The topological polar surface area (TPSA) is 97.8 Å². The molecule has 1 saturated carbocycles.